The minimum absolute atomic E-state index is 0.369. The molecule has 0 unspecified atom stereocenters. The highest BCUT2D eigenvalue weighted by Crippen LogP contribution is 2.24. The molecule has 0 aliphatic carbocycles. The average Bonchev–Trinajstić information content (AvgIpc) is 3.04. The van der Waals surface area contributed by atoms with E-state index in [-0.39, 0.29) is 5.82 Å². The summed E-state index contributed by atoms with van der Waals surface area (Å²) in [7, 11) is 1.49. The Hall–Kier alpha value is -2.73. The lowest BCUT2D eigenvalue weighted by molar-refractivity contribution is 0.411. The summed E-state index contributed by atoms with van der Waals surface area (Å²) >= 11 is 1.46. The van der Waals surface area contributed by atoms with E-state index in [1.54, 1.807) is 6.07 Å². The Morgan fingerprint density at radius 2 is 2.04 bits per heavy atom. The first kappa shape index (κ1) is 15.2. The normalized spacial score (nSPS) is 10.9. The lowest BCUT2D eigenvalue weighted by Gasteiger charge is -2.01. The fourth-order valence-electron chi connectivity index (χ4n) is 2.01. The molecule has 4 nitrogen and oxygen atoms in total. The van der Waals surface area contributed by atoms with Crippen LogP contribution in [0.4, 0.5) is 9.52 Å². The standard InChI is InChI=1S/C17H14FN3OS/c1-22-15-8-12(7-14(18)9-15)10-19-21-17-20-16(11-23-17)13-5-3-2-4-6-13/h2-11H,1H3,(H,20,21). The number of nitrogens with one attached hydrogen (secondary N) is 1. The van der Waals surface area contributed by atoms with E-state index < -0.39 is 0 Å². The number of hydrogen-bond donors (Lipinski definition) is 1. The van der Waals surface area contributed by atoms with Crippen LogP contribution in [0.2, 0.25) is 0 Å². The molecule has 0 bridgehead atoms. The van der Waals surface area contributed by atoms with Crippen LogP contribution in [0.15, 0.2) is 59.0 Å². The smallest absolute Gasteiger partial charge is 0.203 e. The quantitative estimate of drug-likeness (QED) is 0.558. The number of thiazole rings is 1. The van der Waals surface area contributed by atoms with Crippen molar-refractivity contribution in [2.45, 2.75) is 0 Å². The van der Waals surface area contributed by atoms with Gasteiger partial charge in [0.25, 0.3) is 0 Å². The van der Waals surface area contributed by atoms with E-state index in [1.165, 1.54) is 36.8 Å². The zero-order chi connectivity index (χ0) is 16.1. The van der Waals surface area contributed by atoms with E-state index in [0.717, 1.165) is 11.3 Å². The van der Waals surface area contributed by atoms with Crippen molar-refractivity contribution in [1.82, 2.24) is 4.98 Å². The highest BCUT2D eigenvalue weighted by atomic mass is 32.1. The summed E-state index contributed by atoms with van der Waals surface area (Å²) in [4.78, 5) is 4.46. The van der Waals surface area contributed by atoms with E-state index in [1.807, 2.05) is 35.7 Å². The van der Waals surface area contributed by atoms with Crippen LogP contribution in [0, 0.1) is 5.82 Å². The molecule has 116 valence electrons. The minimum Gasteiger partial charge on any atom is -0.497 e. The molecule has 0 amide bonds. The van der Waals surface area contributed by atoms with Gasteiger partial charge in [-0.15, -0.1) is 11.3 Å². The largest absolute Gasteiger partial charge is 0.497 e. The molecule has 3 rings (SSSR count). The van der Waals surface area contributed by atoms with Crippen LogP contribution < -0.4 is 10.2 Å². The molecule has 6 heteroatoms. The number of aromatic nitrogens is 1. The average molecular weight is 327 g/mol. The van der Waals surface area contributed by atoms with Crippen molar-refractivity contribution in [1.29, 1.82) is 0 Å². The molecule has 0 radical (unpaired) electrons. The first-order chi connectivity index (χ1) is 11.2. The van der Waals surface area contributed by atoms with Crippen molar-refractivity contribution in [2.75, 3.05) is 12.5 Å². The third-order valence-corrected chi connectivity index (χ3v) is 3.82. The van der Waals surface area contributed by atoms with Gasteiger partial charge in [-0.2, -0.15) is 5.10 Å². The second-order valence-corrected chi connectivity index (χ2v) is 5.56. The van der Waals surface area contributed by atoms with Gasteiger partial charge in [0, 0.05) is 22.6 Å². The minimum atomic E-state index is -0.369. The Bertz CT molecular complexity index is 818. The summed E-state index contributed by atoms with van der Waals surface area (Å²) in [5.41, 5.74) is 5.40. The molecule has 1 aromatic heterocycles. The van der Waals surface area contributed by atoms with Gasteiger partial charge in [-0.05, 0) is 12.1 Å². The van der Waals surface area contributed by atoms with E-state index >= 15 is 0 Å². The summed E-state index contributed by atoms with van der Waals surface area (Å²) in [6.07, 6.45) is 1.52. The number of anilines is 1. The maximum Gasteiger partial charge on any atom is 0.203 e. The summed E-state index contributed by atoms with van der Waals surface area (Å²) in [5.74, 6) is 0.0819. The molecule has 0 aliphatic heterocycles. The number of benzene rings is 2. The van der Waals surface area contributed by atoms with Crippen molar-refractivity contribution in [2.24, 2.45) is 5.10 Å². The molecule has 0 saturated carbocycles. The van der Waals surface area contributed by atoms with Crippen LogP contribution in [0.3, 0.4) is 0 Å². The summed E-state index contributed by atoms with van der Waals surface area (Å²) < 4.78 is 18.4. The van der Waals surface area contributed by atoms with Gasteiger partial charge in [0.05, 0.1) is 19.0 Å². The Morgan fingerprint density at radius 1 is 1.22 bits per heavy atom. The second kappa shape index (κ2) is 7.02. The zero-order valence-corrected chi connectivity index (χ0v) is 13.2. The van der Waals surface area contributed by atoms with Gasteiger partial charge in [0.2, 0.25) is 5.13 Å². The van der Waals surface area contributed by atoms with Gasteiger partial charge in [-0.25, -0.2) is 9.37 Å². The van der Waals surface area contributed by atoms with Gasteiger partial charge in [0.15, 0.2) is 0 Å². The Morgan fingerprint density at radius 3 is 2.83 bits per heavy atom. The predicted molar refractivity (Wildman–Crippen MR) is 91.7 cm³/mol. The zero-order valence-electron chi connectivity index (χ0n) is 12.4. The molecule has 0 atom stereocenters. The van der Waals surface area contributed by atoms with Crippen LogP contribution in [-0.4, -0.2) is 18.3 Å². The van der Waals surface area contributed by atoms with Crippen molar-refractivity contribution < 1.29 is 9.13 Å². The SMILES string of the molecule is COc1cc(F)cc(C=NNc2nc(-c3ccccc3)cs2)c1. The van der Waals surface area contributed by atoms with Crippen LogP contribution in [0.25, 0.3) is 11.3 Å². The molecule has 0 spiro atoms. The fraction of sp³-hybridized carbons (Fsp3) is 0.0588. The monoisotopic (exact) mass is 327 g/mol. The van der Waals surface area contributed by atoms with E-state index in [9.17, 15) is 4.39 Å². The Labute approximate surface area is 137 Å². The van der Waals surface area contributed by atoms with Gasteiger partial charge >= 0.3 is 0 Å². The van der Waals surface area contributed by atoms with E-state index in [0.29, 0.717) is 16.4 Å². The topological polar surface area (TPSA) is 46.5 Å². The summed E-state index contributed by atoms with van der Waals surface area (Å²) in [5, 5.41) is 6.71. The number of ether oxygens (including phenoxy) is 1. The van der Waals surface area contributed by atoms with Crippen LogP contribution in [0.1, 0.15) is 5.56 Å². The number of halogens is 1. The summed E-state index contributed by atoms with van der Waals surface area (Å²) in [6, 6.07) is 14.3. The summed E-state index contributed by atoms with van der Waals surface area (Å²) in [6.45, 7) is 0. The van der Waals surface area contributed by atoms with Gasteiger partial charge in [-0.1, -0.05) is 30.3 Å². The molecule has 0 aliphatic rings. The molecule has 1 heterocycles. The molecule has 3 aromatic rings. The predicted octanol–water partition coefficient (Wildman–Crippen LogP) is 4.40. The maximum absolute atomic E-state index is 13.4. The number of hydrazone groups is 1. The highest BCUT2D eigenvalue weighted by Gasteiger charge is 2.03. The maximum atomic E-state index is 13.4. The Balaban J connectivity index is 1.69. The first-order valence-electron chi connectivity index (χ1n) is 6.89. The van der Waals surface area contributed by atoms with Crippen molar-refractivity contribution >= 4 is 22.7 Å². The molecular weight excluding hydrogens is 313 g/mol. The fourth-order valence-corrected chi connectivity index (χ4v) is 2.67. The van der Waals surface area contributed by atoms with Crippen LogP contribution in [-0.2, 0) is 0 Å². The molecule has 2 aromatic carbocycles. The Kier molecular flexibility index (Phi) is 4.63. The third-order valence-electron chi connectivity index (χ3n) is 3.08. The number of rotatable bonds is 5. The second-order valence-electron chi connectivity index (χ2n) is 4.70. The van der Waals surface area contributed by atoms with Crippen LogP contribution >= 0.6 is 11.3 Å². The number of methoxy groups -OCH3 is 1. The van der Waals surface area contributed by atoms with E-state index in [4.69, 9.17) is 4.74 Å². The molecule has 1 N–H and O–H groups in total. The van der Waals surface area contributed by atoms with Gasteiger partial charge in [-0.3, -0.25) is 5.43 Å². The molecule has 0 saturated heterocycles. The third kappa shape index (κ3) is 3.92. The van der Waals surface area contributed by atoms with Crippen molar-refractivity contribution in [3.05, 3.63) is 65.3 Å². The number of hydrogen-bond acceptors (Lipinski definition) is 5. The van der Waals surface area contributed by atoms with Crippen molar-refractivity contribution in [3.8, 4) is 17.0 Å². The lowest BCUT2D eigenvalue weighted by Crippen LogP contribution is -1.92. The molecule has 23 heavy (non-hydrogen) atoms. The molecule has 0 fully saturated rings. The van der Waals surface area contributed by atoms with Crippen molar-refractivity contribution in [3.63, 3.8) is 0 Å². The lowest BCUT2D eigenvalue weighted by atomic mass is 10.2. The van der Waals surface area contributed by atoms with E-state index in [2.05, 4.69) is 15.5 Å². The van der Waals surface area contributed by atoms with Crippen LogP contribution in [0.5, 0.6) is 5.75 Å². The van der Waals surface area contributed by atoms with Gasteiger partial charge < -0.3 is 4.74 Å². The number of nitrogens with zero attached hydrogens (tertiary/aromatic N) is 2. The van der Waals surface area contributed by atoms with Gasteiger partial charge in [0.1, 0.15) is 11.6 Å². The highest BCUT2D eigenvalue weighted by molar-refractivity contribution is 7.14. The molecular formula is C17H14FN3OS. The first-order valence-corrected chi connectivity index (χ1v) is 7.77.